The van der Waals surface area contributed by atoms with Crippen molar-refractivity contribution in [2.75, 3.05) is 18.1 Å². The third-order valence-electron chi connectivity index (χ3n) is 3.67. The van der Waals surface area contributed by atoms with E-state index in [9.17, 15) is 0 Å². The molecule has 1 aliphatic rings. The quantitative estimate of drug-likeness (QED) is 0.442. The van der Waals surface area contributed by atoms with Crippen molar-refractivity contribution in [3.63, 3.8) is 0 Å². The maximum Gasteiger partial charge on any atom is 0.0847 e. The second-order valence-electron chi connectivity index (χ2n) is 5.31. The van der Waals surface area contributed by atoms with Crippen molar-refractivity contribution in [3.8, 4) is 0 Å². The van der Waals surface area contributed by atoms with Crippen LogP contribution >= 0.6 is 11.6 Å². The van der Waals surface area contributed by atoms with Crippen LogP contribution in [0.25, 0.3) is 0 Å². The lowest BCUT2D eigenvalue weighted by Gasteiger charge is -2.24. The number of unbranched alkanes of at least 4 members (excludes halogenated alkanes) is 4. The normalized spacial score (nSPS) is 12.9. The van der Waals surface area contributed by atoms with Gasteiger partial charge in [-0.25, -0.2) is 5.01 Å². The summed E-state index contributed by atoms with van der Waals surface area (Å²) in [5.41, 5.74) is 2.62. The number of hydrogen-bond donors (Lipinski definition) is 0. The zero-order valence-corrected chi connectivity index (χ0v) is 12.9. The standard InChI is InChI=1S/C16H25ClN2/c1-3-5-7-11-18(12-8-6-4-2)19-15-10-9-14(17)13-16(15)19/h9-10,13H,3-8,11-12H2,1-2H3. The van der Waals surface area contributed by atoms with Crippen molar-refractivity contribution in [1.82, 2.24) is 5.01 Å². The van der Waals surface area contributed by atoms with Crippen LogP contribution in [0.15, 0.2) is 18.2 Å². The predicted octanol–water partition coefficient (Wildman–Crippen LogP) is 5.39. The zero-order chi connectivity index (χ0) is 13.7. The van der Waals surface area contributed by atoms with Gasteiger partial charge >= 0.3 is 0 Å². The van der Waals surface area contributed by atoms with Gasteiger partial charge in [-0.15, -0.1) is 0 Å². The minimum Gasteiger partial charge on any atom is -0.270 e. The molecule has 2 rings (SSSR count). The van der Waals surface area contributed by atoms with Gasteiger partial charge in [0.05, 0.1) is 11.4 Å². The molecule has 3 heteroatoms. The van der Waals surface area contributed by atoms with Crippen molar-refractivity contribution in [3.05, 3.63) is 23.2 Å². The van der Waals surface area contributed by atoms with Crippen molar-refractivity contribution < 1.29 is 0 Å². The van der Waals surface area contributed by atoms with Crippen LogP contribution < -0.4 is 5.01 Å². The zero-order valence-electron chi connectivity index (χ0n) is 12.2. The van der Waals surface area contributed by atoms with Crippen LogP contribution in [0.1, 0.15) is 52.4 Å². The second-order valence-corrected chi connectivity index (χ2v) is 5.75. The molecule has 1 aromatic carbocycles. The number of rotatable bonds is 9. The second kappa shape index (κ2) is 7.16. The Balaban J connectivity index is 1.90. The summed E-state index contributed by atoms with van der Waals surface area (Å²) >= 11 is 6.06. The molecule has 0 saturated carbocycles. The molecule has 0 fully saturated rings. The van der Waals surface area contributed by atoms with Crippen LogP contribution in [0.4, 0.5) is 11.4 Å². The molecule has 0 saturated heterocycles. The summed E-state index contributed by atoms with van der Waals surface area (Å²) < 4.78 is 0. The fraction of sp³-hybridized carbons (Fsp3) is 0.625. The maximum atomic E-state index is 6.06. The Morgan fingerprint density at radius 3 is 2.11 bits per heavy atom. The van der Waals surface area contributed by atoms with E-state index in [1.807, 2.05) is 6.07 Å². The van der Waals surface area contributed by atoms with E-state index in [0.29, 0.717) is 0 Å². The molecular weight excluding hydrogens is 256 g/mol. The molecule has 0 amide bonds. The minimum absolute atomic E-state index is 0.836. The van der Waals surface area contributed by atoms with Crippen molar-refractivity contribution in [1.29, 1.82) is 0 Å². The smallest absolute Gasteiger partial charge is 0.0847 e. The molecule has 0 aliphatic carbocycles. The molecule has 0 spiro atoms. The molecule has 0 N–H and O–H groups in total. The van der Waals surface area contributed by atoms with E-state index in [0.717, 1.165) is 18.1 Å². The highest BCUT2D eigenvalue weighted by Crippen LogP contribution is 2.50. The van der Waals surface area contributed by atoms with Gasteiger partial charge in [-0.1, -0.05) is 51.1 Å². The Kier molecular flexibility index (Phi) is 5.53. The summed E-state index contributed by atoms with van der Waals surface area (Å²) in [6.45, 7) is 6.83. The Morgan fingerprint density at radius 1 is 0.947 bits per heavy atom. The lowest BCUT2D eigenvalue weighted by Crippen LogP contribution is -2.33. The van der Waals surface area contributed by atoms with E-state index in [2.05, 4.69) is 36.0 Å². The summed E-state index contributed by atoms with van der Waals surface area (Å²) in [5.74, 6) is 0. The first-order chi connectivity index (χ1) is 9.27. The van der Waals surface area contributed by atoms with Gasteiger partial charge in [0.1, 0.15) is 0 Å². The van der Waals surface area contributed by atoms with E-state index >= 15 is 0 Å². The first-order valence-corrected chi connectivity index (χ1v) is 8.00. The Morgan fingerprint density at radius 2 is 1.58 bits per heavy atom. The lowest BCUT2D eigenvalue weighted by atomic mass is 10.2. The van der Waals surface area contributed by atoms with Crippen LogP contribution in [-0.4, -0.2) is 18.1 Å². The Hall–Kier alpha value is -0.730. The number of nitrogens with zero attached hydrogens (tertiary/aromatic N) is 2. The minimum atomic E-state index is 0.836. The van der Waals surface area contributed by atoms with E-state index < -0.39 is 0 Å². The predicted molar refractivity (Wildman–Crippen MR) is 84.2 cm³/mol. The molecule has 0 atom stereocenters. The molecule has 1 heterocycles. The molecule has 0 radical (unpaired) electrons. The van der Waals surface area contributed by atoms with Crippen molar-refractivity contribution in [2.45, 2.75) is 52.4 Å². The molecular formula is C16H25ClN2. The molecule has 1 aliphatic heterocycles. The van der Waals surface area contributed by atoms with Crippen LogP contribution in [-0.2, 0) is 0 Å². The summed E-state index contributed by atoms with van der Waals surface area (Å²) in [6, 6.07) is 6.19. The summed E-state index contributed by atoms with van der Waals surface area (Å²) in [5, 5.41) is 5.67. The highest BCUT2D eigenvalue weighted by Gasteiger charge is 2.33. The molecule has 19 heavy (non-hydrogen) atoms. The fourth-order valence-electron chi connectivity index (χ4n) is 2.52. The monoisotopic (exact) mass is 280 g/mol. The molecule has 0 bridgehead atoms. The maximum absolute atomic E-state index is 6.06. The van der Waals surface area contributed by atoms with Gasteiger partial charge in [-0.3, -0.25) is 5.01 Å². The lowest BCUT2D eigenvalue weighted by molar-refractivity contribution is 0.281. The summed E-state index contributed by atoms with van der Waals surface area (Å²) in [7, 11) is 0. The average molecular weight is 281 g/mol. The Bertz CT molecular complexity index is 396. The third-order valence-corrected chi connectivity index (χ3v) is 3.90. The first-order valence-electron chi connectivity index (χ1n) is 7.62. The number of hydrazine groups is 1. The van der Waals surface area contributed by atoms with Gasteiger partial charge in [0, 0.05) is 18.1 Å². The number of hydrogen-bond acceptors (Lipinski definition) is 2. The summed E-state index contributed by atoms with van der Waals surface area (Å²) in [4.78, 5) is 0. The topological polar surface area (TPSA) is 6.25 Å². The Labute approximate surface area is 122 Å². The van der Waals surface area contributed by atoms with Gasteiger partial charge in [0.15, 0.2) is 0 Å². The van der Waals surface area contributed by atoms with Crippen LogP contribution in [0, 0.1) is 0 Å². The number of benzene rings is 1. The fourth-order valence-corrected chi connectivity index (χ4v) is 2.68. The van der Waals surface area contributed by atoms with Crippen LogP contribution in [0.2, 0.25) is 5.02 Å². The van der Waals surface area contributed by atoms with Crippen molar-refractivity contribution in [2.24, 2.45) is 0 Å². The van der Waals surface area contributed by atoms with Crippen molar-refractivity contribution >= 4 is 23.0 Å². The molecule has 0 aromatic heterocycles. The van der Waals surface area contributed by atoms with Gasteiger partial charge in [0.25, 0.3) is 0 Å². The van der Waals surface area contributed by atoms with E-state index in [-0.39, 0.29) is 0 Å². The molecule has 106 valence electrons. The highest BCUT2D eigenvalue weighted by atomic mass is 35.5. The van der Waals surface area contributed by atoms with E-state index in [4.69, 9.17) is 11.6 Å². The molecule has 0 unspecified atom stereocenters. The average Bonchev–Trinajstić information content (AvgIpc) is 3.10. The van der Waals surface area contributed by atoms with E-state index in [1.54, 1.807) is 0 Å². The van der Waals surface area contributed by atoms with Gasteiger partial charge < -0.3 is 0 Å². The first kappa shape index (κ1) is 14.7. The summed E-state index contributed by atoms with van der Waals surface area (Å²) in [6.07, 6.45) is 7.75. The van der Waals surface area contributed by atoms with Crippen LogP contribution in [0.3, 0.4) is 0 Å². The number of halogens is 1. The van der Waals surface area contributed by atoms with Gasteiger partial charge in [0.2, 0.25) is 0 Å². The van der Waals surface area contributed by atoms with Gasteiger partial charge in [-0.2, -0.15) is 0 Å². The SMILES string of the molecule is CCCCCN(CCCCC)N1c2ccc(Cl)cc21. The molecule has 2 nitrogen and oxygen atoms in total. The van der Waals surface area contributed by atoms with Gasteiger partial charge in [-0.05, 0) is 31.0 Å². The largest absolute Gasteiger partial charge is 0.270 e. The number of fused-ring (bicyclic) bond motifs is 1. The van der Waals surface area contributed by atoms with Crippen LogP contribution in [0.5, 0.6) is 0 Å². The molecule has 1 aromatic rings. The van der Waals surface area contributed by atoms with E-state index in [1.165, 1.54) is 49.9 Å². The number of anilines is 2. The third kappa shape index (κ3) is 3.87. The highest BCUT2D eigenvalue weighted by molar-refractivity contribution is 6.31.